The molecule has 8 heteroatoms. The van der Waals surface area contributed by atoms with Gasteiger partial charge in [0.05, 0.1) is 10.6 Å². The van der Waals surface area contributed by atoms with E-state index in [2.05, 4.69) is 26.1 Å². The quantitative estimate of drug-likeness (QED) is 0.483. The Bertz CT molecular complexity index is 849. The predicted octanol–water partition coefficient (Wildman–Crippen LogP) is 2.26. The predicted molar refractivity (Wildman–Crippen MR) is 72.0 cm³/mol. The smallest absolute Gasteiger partial charge is 0.298 e. The van der Waals surface area contributed by atoms with Crippen LogP contribution in [0.1, 0.15) is 0 Å². The molecule has 2 heterocycles. The fraction of sp³-hybridized carbons (Fsp3) is 0. The van der Waals surface area contributed by atoms with Gasteiger partial charge in [0.2, 0.25) is 0 Å². The second kappa shape index (κ2) is 4.07. The van der Waals surface area contributed by atoms with Gasteiger partial charge in [-0.1, -0.05) is 17.7 Å². The zero-order valence-corrected chi connectivity index (χ0v) is 11.5. The van der Waals surface area contributed by atoms with E-state index in [9.17, 15) is 15.1 Å². The molecule has 0 unspecified atom stereocenters. The van der Waals surface area contributed by atoms with Crippen LogP contribution in [-0.4, -0.2) is 25.2 Å². The summed E-state index contributed by atoms with van der Waals surface area (Å²) in [6.45, 7) is 0. The average Bonchev–Trinajstić information content (AvgIpc) is 2.38. The summed E-state index contributed by atoms with van der Waals surface area (Å²) in [5, 5.41) is 27.2. The lowest BCUT2D eigenvalue weighted by molar-refractivity contribution is 0.199. The zero-order chi connectivity index (χ0) is 13.7. The first kappa shape index (κ1) is 12.2. The Morgan fingerprint density at radius 2 is 2.05 bits per heavy atom. The molecule has 0 aliphatic carbocycles. The van der Waals surface area contributed by atoms with E-state index in [-0.39, 0.29) is 21.8 Å². The third-order valence-electron chi connectivity index (χ3n) is 2.76. The highest BCUT2D eigenvalue weighted by atomic mass is 79.9. The summed E-state index contributed by atoms with van der Waals surface area (Å²) in [5.74, 6) is -0.546. The molecule has 2 aliphatic rings. The van der Waals surface area contributed by atoms with Gasteiger partial charge >= 0.3 is 0 Å². The molecular formula is C11H5BrClN3O3. The molecule has 1 aromatic rings. The standard InChI is InChI=1S/C11H5BrClN3O3/c12-6-2-1-4-3-5-9(11(18)15-14-10(5)17)16(19)8(4)7(6)13/h1-3,18-19H. The highest BCUT2D eigenvalue weighted by Gasteiger charge is 2.21. The number of aromatic nitrogens is 3. The molecule has 0 radical (unpaired) electrons. The maximum Gasteiger partial charge on any atom is 0.298 e. The number of rotatable bonds is 0. The first-order valence-electron chi connectivity index (χ1n) is 5.09. The number of aromatic hydroxyl groups is 1. The van der Waals surface area contributed by atoms with Crippen molar-refractivity contribution < 1.29 is 10.3 Å². The fourth-order valence-electron chi connectivity index (χ4n) is 1.91. The molecule has 96 valence electrons. The van der Waals surface area contributed by atoms with Crippen LogP contribution in [0.15, 0.2) is 27.5 Å². The van der Waals surface area contributed by atoms with Crippen molar-refractivity contribution in [3.8, 4) is 17.1 Å². The van der Waals surface area contributed by atoms with Gasteiger partial charge in [0, 0.05) is 9.86 Å². The molecule has 0 fully saturated rings. The molecule has 19 heavy (non-hydrogen) atoms. The van der Waals surface area contributed by atoms with Gasteiger partial charge in [0.1, 0.15) is 5.52 Å². The fourth-order valence-corrected chi connectivity index (χ4v) is 2.48. The topological polar surface area (TPSA) is 88.2 Å². The van der Waals surface area contributed by atoms with E-state index in [0.717, 1.165) is 0 Å². The Morgan fingerprint density at radius 1 is 1.32 bits per heavy atom. The van der Waals surface area contributed by atoms with Gasteiger partial charge in [-0.3, -0.25) is 4.79 Å². The molecule has 0 amide bonds. The SMILES string of the molecule is O=c1nnc(O)c2n(O)c3c(Cl)c(Br)ccc3cc1-2. The van der Waals surface area contributed by atoms with Gasteiger partial charge in [0.15, 0.2) is 5.69 Å². The van der Waals surface area contributed by atoms with Crippen molar-refractivity contribution >= 4 is 38.4 Å². The highest BCUT2D eigenvalue weighted by molar-refractivity contribution is 9.10. The van der Waals surface area contributed by atoms with Crippen LogP contribution in [0.2, 0.25) is 5.02 Å². The average molecular weight is 343 g/mol. The molecule has 2 aliphatic heterocycles. The van der Waals surface area contributed by atoms with Crippen molar-refractivity contribution in [3.05, 3.63) is 38.0 Å². The van der Waals surface area contributed by atoms with Crippen LogP contribution in [0.4, 0.5) is 0 Å². The Balaban J connectivity index is 2.65. The lowest BCUT2D eigenvalue weighted by Crippen LogP contribution is -2.16. The van der Waals surface area contributed by atoms with Crippen LogP contribution in [0.3, 0.4) is 0 Å². The second-order valence-corrected chi connectivity index (χ2v) is 5.08. The van der Waals surface area contributed by atoms with Crippen LogP contribution in [0.25, 0.3) is 22.2 Å². The Morgan fingerprint density at radius 3 is 2.79 bits per heavy atom. The van der Waals surface area contributed by atoms with E-state index in [1.807, 2.05) is 0 Å². The van der Waals surface area contributed by atoms with E-state index < -0.39 is 11.4 Å². The van der Waals surface area contributed by atoms with Gasteiger partial charge in [0.25, 0.3) is 11.4 Å². The second-order valence-electron chi connectivity index (χ2n) is 3.85. The maximum absolute atomic E-state index is 11.6. The molecular weight excluding hydrogens is 337 g/mol. The maximum atomic E-state index is 11.6. The molecule has 3 rings (SSSR count). The summed E-state index contributed by atoms with van der Waals surface area (Å²) >= 11 is 9.34. The van der Waals surface area contributed by atoms with E-state index >= 15 is 0 Å². The van der Waals surface area contributed by atoms with Crippen LogP contribution in [0, 0.1) is 0 Å². The first-order valence-corrected chi connectivity index (χ1v) is 6.26. The summed E-state index contributed by atoms with van der Waals surface area (Å²) in [6, 6.07) is 4.86. The molecule has 6 nitrogen and oxygen atoms in total. The highest BCUT2D eigenvalue weighted by Crippen LogP contribution is 2.36. The summed E-state index contributed by atoms with van der Waals surface area (Å²) in [7, 11) is 0. The van der Waals surface area contributed by atoms with Crippen LogP contribution in [0.5, 0.6) is 5.88 Å². The van der Waals surface area contributed by atoms with Gasteiger partial charge < -0.3 is 10.3 Å². The van der Waals surface area contributed by atoms with Crippen molar-refractivity contribution in [1.82, 2.24) is 14.9 Å². The normalized spacial score (nSPS) is 11.3. The third kappa shape index (κ3) is 1.66. The summed E-state index contributed by atoms with van der Waals surface area (Å²) in [5.41, 5.74) is -0.462. The summed E-state index contributed by atoms with van der Waals surface area (Å²) in [6.07, 6.45) is 0. The lowest BCUT2D eigenvalue weighted by Gasteiger charge is -2.14. The van der Waals surface area contributed by atoms with Crippen LogP contribution >= 0.6 is 27.5 Å². The molecule has 2 N–H and O–H groups in total. The van der Waals surface area contributed by atoms with E-state index in [1.54, 1.807) is 12.1 Å². The minimum absolute atomic E-state index is 0.0564. The largest absolute Gasteiger partial charge is 0.491 e. The molecule has 0 saturated heterocycles. The van der Waals surface area contributed by atoms with Crippen molar-refractivity contribution in [3.63, 3.8) is 0 Å². The van der Waals surface area contributed by atoms with E-state index in [4.69, 9.17) is 11.6 Å². The minimum Gasteiger partial charge on any atom is -0.491 e. The monoisotopic (exact) mass is 341 g/mol. The summed E-state index contributed by atoms with van der Waals surface area (Å²) in [4.78, 5) is 11.6. The van der Waals surface area contributed by atoms with Crippen LogP contribution < -0.4 is 5.56 Å². The number of nitrogens with zero attached hydrogens (tertiary/aromatic N) is 3. The van der Waals surface area contributed by atoms with Crippen molar-refractivity contribution in [2.45, 2.75) is 0 Å². The minimum atomic E-state index is -0.642. The van der Waals surface area contributed by atoms with Crippen LogP contribution in [-0.2, 0) is 0 Å². The molecule has 1 aromatic carbocycles. The van der Waals surface area contributed by atoms with Gasteiger partial charge in [-0.25, -0.2) is 0 Å². The number of halogens is 2. The zero-order valence-electron chi connectivity index (χ0n) is 9.13. The summed E-state index contributed by atoms with van der Waals surface area (Å²) < 4.78 is 1.22. The van der Waals surface area contributed by atoms with Crippen molar-refractivity contribution in [2.75, 3.05) is 0 Å². The molecule has 0 aromatic heterocycles. The van der Waals surface area contributed by atoms with Crippen molar-refractivity contribution in [1.29, 1.82) is 0 Å². The Hall–Kier alpha value is -1.86. The van der Waals surface area contributed by atoms with E-state index in [1.165, 1.54) is 6.07 Å². The van der Waals surface area contributed by atoms with E-state index in [0.29, 0.717) is 14.6 Å². The molecule has 0 saturated carbocycles. The molecule has 0 spiro atoms. The Labute approximate surface area is 119 Å². The molecule has 0 bridgehead atoms. The number of hydrogen-bond acceptors (Lipinski definition) is 5. The number of fused-ring (bicyclic) bond motifs is 2. The lowest BCUT2D eigenvalue weighted by atomic mass is 10.1. The van der Waals surface area contributed by atoms with Gasteiger partial charge in [-0.2, -0.15) is 4.73 Å². The van der Waals surface area contributed by atoms with Crippen molar-refractivity contribution in [2.24, 2.45) is 0 Å². The number of pyridine rings is 1. The van der Waals surface area contributed by atoms with Gasteiger partial charge in [-0.05, 0) is 28.1 Å². The Kier molecular flexibility index (Phi) is 2.61. The number of hydrogen-bond donors (Lipinski definition) is 2. The van der Waals surface area contributed by atoms with Gasteiger partial charge in [-0.15, -0.1) is 10.2 Å². The third-order valence-corrected chi connectivity index (χ3v) is 4.03. The first-order chi connectivity index (χ1) is 9.00. The molecule has 0 atom stereocenters. The number of benzene rings is 1.